The zero-order valence-electron chi connectivity index (χ0n) is 8.73. The van der Waals surface area contributed by atoms with Gasteiger partial charge >= 0.3 is 6.18 Å². The third kappa shape index (κ3) is 2.51. The van der Waals surface area contributed by atoms with Crippen LogP contribution in [0.4, 0.5) is 17.6 Å². The van der Waals surface area contributed by atoms with E-state index in [0.29, 0.717) is 6.07 Å². The largest absolute Gasteiger partial charge is 0.416 e. The maximum atomic E-state index is 13.4. The lowest BCUT2D eigenvalue weighted by Crippen LogP contribution is -2.26. The molecule has 1 aromatic carbocycles. The van der Waals surface area contributed by atoms with Crippen molar-refractivity contribution in [3.63, 3.8) is 0 Å². The first-order valence-corrected chi connectivity index (χ1v) is 4.43. The number of rotatable bonds is 2. The zero-order valence-corrected chi connectivity index (χ0v) is 8.73. The first-order valence-electron chi connectivity index (χ1n) is 4.43. The van der Waals surface area contributed by atoms with Crippen LogP contribution in [-0.4, -0.2) is 0 Å². The second kappa shape index (κ2) is 4.03. The molecule has 1 rings (SSSR count). The van der Waals surface area contributed by atoms with Gasteiger partial charge in [0.1, 0.15) is 11.4 Å². The number of alkyl halides is 3. The summed E-state index contributed by atoms with van der Waals surface area (Å²) in [5.74, 6) is 3.95. The van der Waals surface area contributed by atoms with E-state index in [0.717, 1.165) is 12.1 Å². The van der Waals surface area contributed by atoms with Gasteiger partial charge in [-0.25, -0.2) is 10.3 Å². The summed E-state index contributed by atoms with van der Waals surface area (Å²) in [5.41, 5.74) is -2.24. The fourth-order valence-electron chi connectivity index (χ4n) is 1.24. The van der Waals surface area contributed by atoms with Crippen LogP contribution in [0.3, 0.4) is 0 Å². The first-order chi connectivity index (χ1) is 7.18. The molecule has 6 heteroatoms. The summed E-state index contributed by atoms with van der Waals surface area (Å²) in [6.07, 6.45) is -4.56. The maximum absolute atomic E-state index is 13.4. The number of nitrogens with two attached hydrogens (primary N) is 1. The van der Waals surface area contributed by atoms with Crippen LogP contribution < -0.4 is 5.90 Å². The summed E-state index contributed by atoms with van der Waals surface area (Å²) < 4.78 is 50.2. The standard InChI is InChI=1S/C10H11F4NO/c1-9(2,16-15)7-4-3-6(5-8(7)11)10(12,13)14/h3-5H,15H2,1-2H3. The average Bonchev–Trinajstić information content (AvgIpc) is 2.16. The Morgan fingerprint density at radius 2 is 1.75 bits per heavy atom. The van der Waals surface area contributed by atoms with Crippen LogP contribution in [-0.2, 0) is 16.6 Å². The highest BCUT2D eigenvalue weighted by Gasteiger charge is 2.33. The van der Waals surface area contributed by atoms with E-state index in [9.17, 15) is 17.6 Å². The van der Waals surface area contributed by atoms with Gasteiger partial charge in [0, 0.05) is 5.56 Å². The smallest absolute Gasteiger partial charge is 0.294 e. The van der Waals surface area contributed by atoms with Crippen molar-refractivity contribution in [1.82, 2.24) is 0 Å². The Morgan fingerprint density at radius 1 is 1.19 bits per heavy atom. The zero-order chi connectivity index (χ0) is 12.6. The molecule has 0 unspecified atom stereocenters. The molecule has 90 valence electrons. The van der Waals surface area contributed by atoms with Gasteiger partial charge in [-0.1, -0.05) is 6.07 Å². The Kier molecular flexibility index (Phi) is 3.25. The molecule has 0 atom stereocenters. The van der Waals surface area contributed by atoms with Crippen LogP contribution in [0.25, 0.3) is 0 Å². The molecule has 16 heavy (non-hydrogen) atoms. The summed E-state index contributed by atoms with van der Waals surface area (Å²) in [4.78, 5) is 4.51. The van der Waals surface area contributed by atoms with E-state index in [4.69, 9.17) is 5.90 Å². The Labute approximate surface area is 90.0 Å². The van der Waals surface area contributed by atoms with Gasteiger partial charge in [0.25, 0.3) is 0 Å². The molecular formula is C10H11F4NO. The monoisotopic (exact) mass is 237 g/mol. The molecule has 0 saturated carbocycles. The SMILES string of the molecule is CC(C)(ON)c1ccc(C(F)(F)F)cc1F. The lowest BCUT2D eigenvalue weighted by molar-refractivity contribution is -0.137. The van der Waals surface area contributed by atoms with Crippen molar-refractivity contribution in [3.8, 4) is 0 Å². The predicted octanol–water partition coefficient (Wildman–Crippen LogP) is 2.97. The highest BCUT2D eigenvalue weighted by molar-refractivity contribution is 5.29. The molecule has 0 bridgehead atoms. The van der Waals surface area contributed by atoms with Crippen LogP contribution in [0.2, 0.25) is 0 Å². The van der Waals surface area contributed by atoms with Gasteiger partial charge in [-0.15, -0.1) is 0 Å². The van der Waals surface area contributed by atoms with Crippen molar-refractivity contribution >= 4 is 0 Å². The molecule has 0 aliphatic heterocycles. The van der Waals surface area contributed by atoms with Gasteiger partial charge in [0.05, 0.1) is 5.56 Å². The van der Waals surface area contributed by atoms with Gasteiger partial charge in [-0.3, -0.25) is 4.84 Å². The fourth-order valence-corrected chi connectivity index (χ4v) is 1.24. The first kappa shape index (κ1) is 12.9. The molecule has 1 aromatic rings. The van der Waals surface area contributed by atoms with E-state index in [1.165, 1.54) is 13.8 Å². The summed E-state index contributed by atoms with van der Waals surface area (Å²) in [5, 5.41) is 0. The Morgan fingerprint density at radius 3 is 2.12 bits per heavy atom. The Bertz CT molecular complexity index is 387. The molecule has 0 aromatic heterocycles. The van der Waals surface area contributed by atoms with Crippen LogP contribution in [0, 0.1) is 5.82 Å². The van der Waals surface area contributed by atoms with Crippen molar-refractivity contribution in [2.75, 3.05) is 0 Å². The second-order valence-corrected chi connectivity index (χ2v) is 3.82. The van der Waals surface area contributed by atoms with E-state index < -0.39 is 23.2 Å². The topological polar surface area (TPSA) is 35.2 Å². The minimum Gasteiger partial charge on any atom is -0.294 e. The van der Waals surface area contributed by atoms with Gasteiger partial charge in [-0.2, -0.15) is 13.2 Å². The summed E-state index contributed by atoms with van der Waals surface area (Å²) >= 11 is 0. The number of halogens is 4. The normalized spacial score (nSPS) is 12.9. The quantitative estimate of drug-likeness (QED) is 0.634. The van der Waals surface area contributed by atoms with Crippen molar-refractivity contribution in [2.24, 2.45) is 5.90 Å². The Hall–Kier alpha value is -1.14. The van der Waals surface area contributed by atoms with Crippen molar-refractivity contribution in [1.29, 1.82) is 0 Å². The van der Waals surface area contributed by atoms with E-state index >= 15 is 0 Å². The number of hydrogen-bond donors (Lipinski definition) is 1. The van der Waals surface area contributed by atoms with Gasteiger partial charge in [-0.05, 0) is 26.0 Å². The highest BCUT2D eigenvalue weighted by atomic mass is 19.4. The average molecular weight is 237 g/mol. The van der Waals surface area contributed by atoms with E-state index in [1.54, 1.807) is 0 Å². The molecule has 0 aliphatic rings. The second-order valence-electron chi connectivity index (χ2n) is 3.82. The lowest BCUT2D eigenvalue weighted by Gasteiger charge is -2.23. The Balaban J connectivity index is 3.20. The number of benzene rings is 1. The van der Waals surface area contributed by atoms with E-state index in [-0.39, 0.29) is 5.56 Å². The van der Waals surface area contributed by atoms with Gasteiger partial charge in [0.2, 0.25) is 0 Å². The third-order valence-corrected chi connectivity index (χ3v) is 2.24. The predicted molar refractivity (Wildman–Crippen MR) is 49.7 cm³/mol. The molecular weight excluding hydrogens is 226 g/mol. The molecule has 0 spiro atoms. The molecule has 0 saturated heterocycles. The molecule has 0 amide bonds. The highest BCUT2D eigenvalue weighted by Crippen LogP contribution is 2.33. The van der Waals surface area contributed by atoms with E-state index in [2.05, 4.69) is 4.84 Å². The minimum atomic E-state index is -4.56. The number of hydrogen-bond acceptors (Lipinski definition) is 2. The molecule has 0 aliphatic carbocycles. The summed E-state index contributed by atoms with van der Waals surface area (Å²) in [7, 11) is 0. The van der Waals surface area contributed by atoms with E-state index in [1.807, 2.05) is 0 Å². The molecule has 0 fully saturated rings. The molecule has 2 N–H and O–H groups in total. The third-order valence-electron chi connectivity index (χ3n) is 2.24. The fraction of sp³-hybridized carbons (Fsp3) is 0.400. The lowest BCUT2D eigenvalue weighted by atomic mass is 9.96. The molecule has 0 heterocycles. The van der Waals surface area contributed by atoms with Gasteiger partial charge in [0.15, 0.2) is 0 Å². The molecule has 0 radical (unpaired) electrons. The van der Waals surface area contributed by atoms with Crippen molar-refractivity contribution < 1.29 is 22.4 Å². The van der Waals surface area contributed by atoms with Gasteiger partial charge < -0.3 is 0 Å². The van der Waals surface area contributed by atoms with Crippen LogP contribution in [0.15, 0.2) is 18.2 Å². The van der Waals surface area contributed by atoms with Crippen molar-refractivity contribution in [2.45, 2.75) is 25.6 Å². The van der Waals surface area contributed by atoms with Crippen LogP contribution >= 0.6 is 0 Å². The van der Waals surface area contributed by atoms with Crippen molar-refractivity contribution in [3.05, 3.63) is 35.1 Å². The summed E-state index contributed by atoms with van der Waals surface area (Å²) in [6.45, 7) is 2.91. The molecule has 2 nitrogen and oxygen atoms in total. The maximum Gasteiger partial charge on any atom is 0.416 e. The van der Waals surface area contributed by atoms with Crippen LogP contribution in [0.5, 0.6) is 0 Å². The minimum absolute atomic E-state index is 0.0250. The summed E-state index contributed by atoms with van der Waals surface area (Å²) in [6, 6.07) is 2.24. The van der Waals surface area contributed by atoms with Crippen LogP contribution in [0.1, 0.15) is 25.0 Å².